The summed E-state index contributed by atoms with van der Waals surface area (Å²) < 4.78 is 5.54. The highest BCUT2D eigenvalue weighted by Gasteiger charge is 2.11. The Kier molecular flexibility index (Phi) is 5.89. The van der Waals surface area contributed by atoms with Gasteiger partial charge in [0.25, 0.3) is 5.22 Å². The van der Waals surface area contributed by atoms with Crippen LogP contribution in [0.3, 0.4) is 0 Å². The van der Waals surface area contributed by atoms with Crippen molar-refractivity contribution in [3.63, 3.8) is 0 Å². The van der Waals surface area contributed by atoms with Crippen LogP contribution < -0.4 is 5.32 Å². The minimum Gasteiger partial charge on any atom is -0.411 e. The third kappa shape index (κ3) is 4.85. The predicted octanol–water partition coefficient (Wildman–Crippen LogP) is 4.19. The predicted molar refractivity (Wildman–Crippen MR) is 99.9 cm³/mol. The summed E-state index contributed by atoms with van der Waals surface area (Å²) in [4.78, 5) is 12.0. The van der Waals surface area contributed by atoms with Gasteiger partial charge >= 0.3 is 0 Å². The molecule has 0 atom stereocenters. The fraction of sp³-hybridized carbons (Fsp3) is 0.111. The quantitative estimate of drug-likeness (QED) is 0.641. The molecule has 0 aliphatic carbocycles. The number of anilines is 1. The van der Waals surface area contributed by atoms with E-state index >= 15 is 0 Å². The van der Waals surface area contributed by atoms with E-state index in [0.717, 1.165) is 22.9 Å². The molecule has 6 nitrogen and oxygen atoms in total. The van der Waals surface area contributed by atoms with E-state index in [1.807, 2.05) is 12.1 Å². The Hall–Kier alpha value is -2.82. The van der Waals surface area contributed by atoms with E-state index < -0.39 is 0 Å². The smallest absolute Gasteiger partial charge is 0.277 e. The molecule has 0 aliphatic heterocycles. The summed E-state index contributed by atoms with van der Waals surface area (Å²) in [6.07, 6.45) is 0.344. The van der Waals surface area contributed by atoms with Crippen LogP contribution in [-0.4, -0.2) is 21.9 Å². The van der Waals surface area contributed by atoms with Crippen LogP contribution in [0.4, 0.5) is 5.69 Å². The lowest BCUT2D eigenvalue weighted by Gasteiger charge is -2.04. The van der Waals surface area contributed by atoms with E-state index in [2.05, 4.69) is 21.6 Å². The molecule has 0 spiro atoms. The molecule has 26 heavy (non-hydrogen) atoms. The summed E-state index contributed by atoms with van der Waals surface area (Å²) in [5.41, 5.74) is 2.33. The third-order valence-electron chi connectivity index (χ3n) is 3.35. The van der Waals surface area contributed by atoms with Gasteiger partial charge in [-0.1, -0.05) is 35.5 Å². The molecule has 1 aromatic heterocycles. The van der Waals surface area contributed by atoms with E-state index in [4.69, 9.17) is 21.3 Å². The fourth-order valence-electron chi connectivity index (χ4n) is 2.10. The van der Waals surface area contributed by atoms with Gasteiger partial charge in [-0.15, -0.1) is 10.2 Å². The van der Waals surface area contributed by atoms with Crippen molar-refractivity contribution in [2.45, 2.75) is 11.6 Å². The highest BCUT2D eigenvalue weighted by Crippen LogP contribution is 2.24. The van der Waals surface area contributed by atoms with Crippen molar-refractivity contribution < 1.29 is 9.21 Å². The molecule has 0 fully saturated rings. The molecule has 8 heteroatoms. The van der Waals surface area contributed by atoms with Crippen molar-refractivity contribution in [3.05, 3.63) is 59.1 Å². The Morgan fingerprint density at radius 2 is 1.88 bits per heavy atom. The number of hydrogen-bond donors (Lipinski definition) is 1. The maximum atomic E-state index is 12.0. The van der Waals surface area contributed by atoms with Crippen molar-refractivity contribution in [2.75, 3.05) is 11.1 Å². The molecule has 0 bridgehead atoms. The lowest BCUT2D eigenvalue weighted by molar-refractivity contribution is -0.113. The molecule has 0 unspecified atom stereocenters. The molecular formula is C18H13ClN4O2S. The number of benzene rings is 2. The van der Waals surface area contributed by atoms with Crippen LogP contribution in [0.5, 0.6) is 0 Å². The van der Waals surface area contributed by atoms with Gasteiger partial charge in [-0.2, -0.15) is 5.26 Å². The molecular weight excluding hydrogens is 372 g/mol. The molecule has 1 heterocycles. The number of amides is 1. The number of carbonyl (C=O) groups is 1. The van der Waals surface area contributed by atoms with E-state index in [-0.39, 0.29) is 11.7 Å². The number of rotatable bonds is 6. The van der Waals surface area contributed by atoms with Gasteiger partial charge in [0, 0.05) is 16.3 Å². The maximum absolute atomic E-state index is 12.0. The summed E-state index contributed by atoms with van der Waals surface area (Å²) in [6.45, 7) is 0. The van der Waals surface area contributed by atoms with E-state index in [1.54, 1.807) is 36.4 Å². The van der Waals surface area contributed by atoms with Gasteiger partial charge in [0.1, 0.15) is 0 Å². The van der Waals surface area contributed by atoms with Crippen molar-refractivity contribution in [2.24, 2.45) is 0 Å². The second-order valence-corrected chi connectivity index (χ2v) is 6.61. The highest BCUT2D eigenvalue weighted by atomic mass is 35.5. The van der Waals surface area contributed by atoms with Crippen LogP contribution in [0.25, 0.3) is 11.5 Å². The van der Waals surface area contributed by atoms with Crippen LogP contribution in [0.2, 0.25) is 5.02 Å². The normalized spacial score (nSPS) is 10.3. The van der Waals surface area contributed by atoms with Gasteiger partial charge in [0.2, 0.25) is 11.8 Å². The molecule has 0 saturated heterocycles. The number of nitrogens with one attached hydrogen (secondary N) is 1. The Labute approximate surface area is 159 Å². The first-order valence-corrected chi connectivity index (χ1v) is 8.98. The molecule has 0 radical (unpaired) electrons. The van der Waals surface area contributed by atoms with Gasteiger partial charge < -0.3 is 9.73 Å². The topological polar surface area (TPSA) is 91.8 Å². The second kappa shape index (κ2) is 8.52. The zero-order valence-electron chi connectivity index (χ0n) is 13.5. The third-order valence-corrected chi connectivity index (χ3v) is 4.42. The van der Waals surface area contributed by atoms with Crippen LogP contribution in [0.1, 0.15) is 5.56 Å². The Morgan fingerprint density at radius 1 is 1.15 bits per heavy atom. The van der Waals surface area contributed by atoms with E-state index in [0.29, 0.717) is 28.2 Å². The lowest BCUT2D eigenvalue weighted by Crippen LogP contribution is -2.13. The minimum atomic E-state index is -0.186. The number of nitrogens with zero attached hydrogens (tertiary/aromatic N) is 3. The van der Waals surface area contributed by atoms with Crippen LogP contribution in [-0.2, 0) is 11.2 Å². The molecule has 1 amide bonds. The van der Waals surface area contributed by atoms with Crippen LogP contribution in [0, 0.1) is 11.3 Å². The Morgan fingerprint density at radius 3 is 2.58 bits per heavy atom. The number of hydrogen-bond acceptors (Lipinski definition) is 6. The second-order valence-electron chi connectivity index (χ2n) is 5.25. The Bertz CT molecular complexity index is 933. The van der Waals surface area contributed by atoms with Crippen molar-refractivity contribution in [1.82, 2.24) is 10.2 Å². The summed E-state index contributed by atoms with van der Waals surface area (Å²) in [7, 11) is 0. The minimum absolute atomic E-state index is 0.141. The molecule has 2 aromatic carbocycles. The lowest BCUT2D eigenvalue weighted by atomic mass is 10.1. The van der Waals surface area contributed by atoms with Gasteiger partial charge in [-0.05, 0) is 42.0 Å². The monoisotopic (exact) mass is 384 g/mol. The van der Waals surface area contributed by atoms with Gasteiger partial charge in [0.05, 0.1) is 18.2 Å². The maximum Gasteiger partial charge on any atom is 0.277 e. The van der Waals surface area contributed by atoms with Gasteiger partial charge in [-0.25, -0.2) is 0 Å². The number of aromatic nitrogens is 2. The number of nitriles is 1. The molecule has 3 aromatic rings. The first kappa shape index (κ1) is 18.0. The first-order chi connectivity index (χ1) is 12.6. The van der Waals surface area contributed by atoms with E-state index in [1.165, 1.54) is 0 Å². The zero-order chi connectivity index (χ0) is 18.4. The number of halogens is 1. The molecule has 1 N–H and O–H groups in total. The number of thioether (sulfide) groups is 1. The first-order valence-electron chi connectivity index (χ1n) is 7.62. The van der Waals surface area contributed by atoms with E-state index in [9.17, 15) is 4.79 Å². The van der Waals surface area contributed by atoms with Crippen LogP contribution in [0.15, 0.2) is 58.2 Å². The zero-order valence-corrected chi connectivity index (χ0v) is 15.0. The summed E-state index contributed by atoms with van der Waals surface area (Å²) in [6, 6.07) is 16.3. The molecule has 0 aliphatic rings. The van der Waals surface area contributed by atoms with Crippen molar-refractivity contribution in [1.29, 1.82) is 5.26 Å². The molecule has 130 valence electrons. The number of carbonyl (C=O) groups excluding carboxylic acids is 1. The van der Waals surface area contributed by atoms with Gasteiger partial charge in [-0.3, -0.25) is 4.79 Å². The summed E-state index contributed by atoms with van der Waals surface area (Å²) >= 11 is 7.01. The Balaban J connectivity index is 1.53. The standard InChI is InChI=1S/C18H13ClN4O2S/c19-14-5-3-13(4-6-14)17-22-23-18(25-17)26-11-16(24)21-15-7-1-12(2-8-15)9-10-20/h1-8H,9,11H2,(H,21,24). The van der Waals surface area contributed by atoms with Crippen molar-refractivity contribution in [3.8, 4) is 17.5 Å². The van der Waals surface area contributed by atoms with Crippen LogP contribution >= 0.6 is 23.4 Å². The summed E-state index contributed by atoms with van der Waals surface area (Å²) in [5.74, 6) is 0.328. The summed E-state index contributed by atoms with van der Waals surface area (Å²) in [5, 5.41) is 20.3. The highest BCUT2D eigenvalue weighted by molar-refractivity contribution is 7.99. The SMILES string of the molecule is N#CCc1ccc(NC(=O)CSc2nnc(-c3ccc(Cl)cc3)o2)cc1. The molecule has 3 rings (SSSR count). The fourth-order valence-corrected chi connectivity index (χ4v) is 2.79. The van der Waals surface area contributed by atoms with Crippen molar-refractivity contribution >= 4 is 35.0 Å². The van der Waals surface area contributed by atoms with Gasteiger partial charge in [0.15, 0.2) is 0 Å². The average molecular weight is 385 g/mol. The average Bonchev–Trinajstić information content (AvgIpc) is 3.11. The molecule has 0 saturated carbocycles. The largest absolute Gasteiger partial charge is 0.411 e.